The van der Waals surface area contributed by atoms with E-state index in [1.807, 2.05) is 44.2 Å². The van der Waals surface area contributed by atoms with E-state index in [1.165, 1.54) is 23.5 Å². The number of carbonyl (C=O) groups excluding carboxylic acids is 1. The molecule has 1 aromatic heterocycles. The van der Waals surface area contributed by atoms with Gasteiger partial charge in [-0.05, 0) is 48.6 Å². The van der Waals surface area contributed by atoms with Crippen molar-refractivity contribution in [1.29, 1.82) is 0 Å². The maximum atomic E-state index is 13.3. The molecule has 7 heteroatoms. The van der Waals surface area contributed by atoms with Crippen LogP contribution in [0.15, 0.2) is 60.0 Å². The standard InChI is InChI=1S/C26H29FN2O3S/c1-18(2)15-26(31)12-13-29(16-23(26)32-21-10-8-20(27)9-11-21)25(30)22-17-33-24(28-22)14-19-6-4-3-5-7-19/h3-11,17-18,23,31H,12-16H2,1-2H3/t23-,26+/m0/s1. The van der Waals surface area contributed by atoms with Crippen molar-refractivity contribution in [2.24, 2.45) is 5.92 Å². The Hall–Kier alpha value is -2.77. The molecule has 33 heavy (non-hydrogen) atoms. The van der Waals surface area contributed by atoms with Crippen LogP contribution in [-0.2, 0) is 6.42 Å². The highest BCUT2D eigenvalue weighted by molar-refractivity contribution is 7.09. The van der Waals surface area contributed by atoms with Crippen molar-refractivity contribution in [2.45, 2.75) is 44.8 Å². The minimum Gasteiger partial charge on any atom is -0.486 e. The first kappa shape index (κ1) is 23.4. The molecule has 0 radical (unpaired) electrons. The lowest BCUT2D eigenvalue weighted by Gasteiger charge is -2.45. The minimum absolute atomic E-state index is 0.162. The van der Waals surface area contributed by atoms with E-state index in [0.717, 1.165) is 10.6 Å². The van der Waals surface area contributed by atoms with Gasteiger partial charge >= 0.3 is 0 Å². The number of hydrogen-bond acceptors (Lipinski definition) is 5. The maximum Gasteiger partial charge on any atom is 0.273 e. The second-order valence-electron chi connectivity index (χ2n) is 9.05. The molecule has 0 unspecified atom stereocenters. The number of aromatic nitrogens is 1. The molecule has 1 N–H and O–H groups in total. The van der Waals surface area contributed by atoms with Gasteiger partial charge in [0.25, 0.3) is 5.91 Å². The summed E-state index contributed by atoms with van der Waals surface area (Å²) in [6.07, 6.45) is 1.02. The van der Waals surface area contributed by atoms with E-state index in [9.17, 15) is 14.3 Å². The van der Waals surface area contributed by atoms with Crippen LogP contribution in [0.2, 0.25) is 0 Å². The van der Waals surface area contributed by atoms with E-state index in [-0.39, 0.29) is 24.2 Å². The summed E-state index contributed by atoms with van der Waals surface area (Å²) < 4.78 is 19.4. The molecule has 174 valence electrons. The van der Waals surface area contributed by atoms with Crippen molar-refractivity contribution < 1.29 is 19.0 Å². The number of likely N-dealkylation sites (tertiary alicyclic amines) is 1. The van der Waals surface area contributed by atoms with Gasteiger partial charge in [0.15, 0.2) is 0 Å². The third-order valence-electron chi connectivity index (χ3n) is 5.91. The lowest BCUT2D eigenvalue weighted by atomic mass is 9.81. The quantitative estimate of drug-likeness (QED) is 0.533. The zero-order chi connectivity index (χ0) is 23.4. The summed E-state index contributed by atoms with van der Waals surface area (Å²) in [7, 11) is 0. The van der Waals surface area contributed by atoms with E-state index in [1.54, 1.807) is 22.4 Å². The van der Waals surface area contributed by atoms with Crippen LogP contribution in [0.1, 0.15) is 47.7 Å². The average Bonchev–Trinajstić information content (AvgIpc) is 3.25. The number of piperidine rings is 1. The van der Waals surface area contributed by atoms with Crippen LogP contribution in [-0.4, -0.2) is 45.7 Å². The number of aliphatic hydroxyl groups is 1. The Labute approximate surface area is 197 Å². The summed E-state index contributed by atoms with van der Waals surface area (Å²) in [5.41, 5.74) is 0.496. The van der Waals surface area contributed by atoms with Crippen molar-refractivity contribution in [1.82, 2.24) is 9.88 Å². The number of hydrogen-bond donors (Lipinski definition) is 1. The molecule has 0 saturated carbocycles. The van der Waals surface area contributed by atoms with Crippen LogP contribution in [0.25, 0.3) is 0 Å². The molecule has 5 nitrogen and oxygen atoms in total. The van der Waals surface area contributed by atoms with Gasteiger partial charge in [-0.2, -0.15) is 0 Å². The second-order valence-corrected chi connectivity index (χ2v) is 9.99. The highest BCUT2D eigenvalue weighted by atomic mass is 32.1. The third-order valence-corrected chi connectivity index (χ3v) is 6.76. The number of rotatable bonds is 7. The number of amides is 1. The van der Waals surface area contributed by atoms with Crippen molar-refractivity contribution in [2.75, 3.05) is 13.1 Å². The zero-order valence-electron chi connectivity index (χ0n) is 18.9. The van der Waals surface area contributed by atoms with Gasteiger partial charge in [0.2, 0.25) is 0 Å². The van der Waals surface area contributed by atoms with Crippen LogP contribution >= 0.6 is 11.3 Å². The minimum atomic E-state index is -1.07. The highest BCUT2D eigenvalue weighted by Crippen LogP contribution is 2.33. The van der Waals surface area contributed by atoms with Gasteiger partial charge in [0.1, 0.15) is 29.0 Å². The van der Waals surface area contributed by atoms with Crippen molar-refractivity contribution in [3.05, 3.63) is 82.1 Å². The fourth-order valence-electron chi connectivity index (χ4n) is 4.32. The normalized spacial score (nSPS) is 20.8. The van der Waals surface area contributed by atoms with E-state index in [2.05, 4.69) is 4.98 Å². The monoisotopic (exact) mass is 468 g/mol. The number of benzene rings is 2. The summed E-state index contributed by atoms with van der Waals surface area (Å²) in [6, 6.07) is 15.8. The van der Waals surface area contributed by atoms with Crippen LogP contribution in [0, 0.1) is 11.7 Å². The molecule has 0 spiro atoms. The summed E-state index contributed by atoms with van der Waals surface area (Å²) >= 11 is 1.47. The van der Waals surface area contributed by atoms with Crippen LogP contribution in [0.5, 0.6) is 5.75 Å². The first-order valence-electron chi connectivity index (χ1n) is 11.2. The molecule has 2 heterocycles. The largest absolute Gasteiger partial charge is 0.486 e. The predicted octanol–water partition coefficient (Wildman–Crippen LogP) is 4.94. The van der Waals surface area contributed by atoms with Crippen LogP contribution in [0.4, 0.5) is 4.39 Å². The second kappa shape index (κ2) is 10.0. The zero-order valence-corrected chi connectivity index (χ0v) is 19.7. The van der Waals surface area contributed by atoms with Gasteiger partial charge in [0.05, 0.1) is 11.6 Å². The number of thiazole rings is 1. The molecule has 0 aliphatic carbocycles. The van der Waals surface area contributed by atoms with Crippen LogP contribution in [0.3, 0.4) is 0 Å². The van der Waals surface area contributed by atoms with Crippen LogP contribution < -0.4 is 4.74 Å². The Morgan fingerprint density at radius 2 is 1.97 bits per heavy atom. The summed E-state index contributed by atoms with van der Waals surface area (Å²) in [5.74, 6) is 0.215. The molecule has 4 rings (SSSR count). The number of halogens is 1. The summed E-state index contributed by atoms with van der Waals surface area (Å²) in [4.78, 5) is 19.5. The molecule has 2 aromatic carbocycles. The molecule has 1 aliphatic heterocycles. The van der Waals surface area contributed by atoms with Gasteiger partial charge in [-0.1, -0.05) is 44.2 Å². The number of carbonyl (C=O) groups is 1. The van der Waals surface area contributed by atoms with E-state index < -0.39 is 11.7 Å². The molecule has 1 saturated heterocycles. The lowest BCUT2D eigenvalue weighted by molar-refractivity contribution is -0.111. The van der Waals surface area contributed by atoms with Gasteiger partial charge in [0, 0.05) is 18.3 Å². The Morgan fingerprint density at radius 3 is 2.67 bits per heavy atom. The molecule has 0 bridgehead atoms. The van der Waals surface area contributed by atoms with Crippen molar-refractivity contribution >= 4 is 17.2 Å². The Bertz CT molecular complexity index is 1070. The SMILES string of the molecule is CC(C)C[C@]1(O)CCN(C(=O)c2csc(Cc3ccccc3)n2)C[C@@H]1Oc1ccc(F)cc1. The lowest BCUT2D eigenvalue weighted by Crippen LogP contribution is -2.59. The smallest absolute Gasteiger partial charge is 0.273 e. The molecule has 1 fully saturated rings. The van der Waals surface area contributed by atoms with Gasteiger partial charge < -0.3 is 14.7 Å². The summed E-state index contributed by atoms with van der Waals surface area (Å²) in [5, 5.41) is 14.1. The highest BCUT2D eigenvalue weighted by Gasteiger charge is 2.45. The van der Waals surface area contributed by atoms with Crippen molar-refractivity contribution in [3.63, 3.8) is 0 Å². The predicted molar refractivity (Wildman–Crippen MR) is 127 cm³/mol. The van der Waals surface area contributed by atoms with Gasteiger partial charge in [-0.3, -0.25) is 4.79 Å². The molecular weight excluding hydrogens is 439 g/mol. The molecular formula is C26H29FN2O3S. The van der Waals surface area contributed by atoms with Gasteiger partial charge in [-0.25, -0.2) is 9.37 Å². The number of nitrogens with zero attached hydrogens (tertiary/aromatic N) is 2. The fourth-order valence-corrected chi connectivity index (χ4v) is 5.13. The summed E-state index contributed by atoms with van der Waals surface area (Å²) in [6.45, 7) is 4.77. The maximum absolute atomic E-state index is 13.3. The third kappa shape index (κ3) is 5.78. The fraction of sp³-hybridized carbons (Fsp3) is 0.385. The molecule has 1 aliphatic rings. The average molecular weight is 469 g/mol. The first-order valence-corrected chi connectivity index (χ1v) is 12.1. The van der Waals surface area contributed by atoms with E-state index in [0.29, 0.717) is 37.3 Å². The molecule has 2 atom stereocenters. The topological polar surface area (TPSA) is 62.7 Å². The van der Waals surface area contributed by atoms with Gasteiger partial charge in [-0.15, -0.1) is 11.3 Å². The Balaban J connectivity index is 1.49. The van der Waals surface area contributed by atoms with E-state index in [4.69, 9.17) is 4.74 Å². The first-order chi connectivity index (χ1) is 15.8. The molecule has 3 aromatic rings. The molecule has 1 amide bonds. The Kier molecular flexibility index (Phi) is 7.10. The van der Waals surface area contributed by atoms with Crippen molar-refractivity contribution in [3.8, 4) is 5.75 Å². The van der Waals surface area contributed by atoms with E-state index >= 15 is 0 Å². The number of ether oxygens (including phenoxy) is 1. The Morgan fingerprint density at radius 1 is 1.24 bits per heavy atom.